The van der Waals surface area contributed by atoms with Crippen molar-refractivity contribution in [2.45, 2.75) is 24.7 Å². The summed E-state index contributed by atoms with van der Waals surface area (Å²) in [5.41, 5.74) is 0.977. The van der Waals surface area contributed by atoms with Crippen molar-refractivity contribution in [3.63, 3.8) is 0 Å². The number of carboxylic acid groups (broad SMARTS) is 1. The van der Waals surface area contributed by atoms with Gasteiger partial charge in [-0.05, 0) is 25.5 Å². The van der Waals surface area contributed by atoms with Gasteiger partial charge in [-0.2, -0.15) is 4.31 Å². The number of rotatable bonds is 4. The summed E-state index contributed by atoms with van der Waals surface area (Å²) < 4.78 is 31.9. The Balaban J connectivity index is 1.98. The van der Waals surface area contributed by atoms with Crippen molar-refractivity contribution in [2.24, 2.45) is 5.92 Å². The zero-order valence-corrected chi connectivity index (χ0v) is 14.0. The lowest BCUT2D eigenvalue weighted by atomic mass is 9.90. The Bertz CT molecular complexity index is 843. The van der Waals surface area contributed by atoms with E-state index in [2.05, 4.69) is 10.1 Å². The van der Waals surface area contributed by atoms with Crippen molar-refractivity contribution in [3.8, 4) is 0 Å². The van der Waals surface area contributed by atoms with Gasteiger partial charge in [0.25, 0.3) is 0 Å². The van der Waals surface area contributed by atoms with Crippen LogP contribution in [0.2, 0.25) is 0 Å². The first kappa shape index (κ1) is 16.6. The molecule has 2 aromatic rings. The van der Waals surface area contributed by atoms with Crippen LogP contribution in [-0.4, -0.2) is 47.0 Å². The molecule has 128 valence electrons. The molecule has 0 unspecified atom stereocenters. The SMILES string of the molecule is Cc1noc(C)c1S(=O)(=O)N1C[C@H](C(=O)O)[C@@H](c2cccnc2)C1. The summed E-state index contributed by atoms with van der Waals surface area (Å²) in [5.74, 6) is -2.11. The number of hydrogen-bond acceptors (Lipinski definition) is 6. The van der Waals surface area contributed by atoms with E-state index in [4.69, 9.17) is 4.52 Å². The van der Waals surface area contributed by atoms with E-state index in [1.807, 2.05) is 0 Å². The lowest BCUT2D eigenvalue weighted by Crippen LogP contribution is -2.30. The summed E-state index contributed by atoms with van der Waals surface area (Å²) in [6.45, 7) is 3.05. The van der Waals surface area contributed by atoms with Crippen LogP contribution in [0.3, 0.4) is 0 Å². The normalized spacial score (nSPS) is 21.9. The fourth-order valence-electron chi connectivity index (χ4n) is 3.12. The lowest BCUT2D eigenvalue weighted by Gasteiger charge is -2.16. The van der Waals surface area contributed by atoms with Crippen molar-refractivity contribution in [2.75, 3.05) is 13.1 Å². The molecule has 1 aliphatic rings. The van der Waals surface area contributed by atoms with E-state index in [1.54, 1.807) is 31.5 Å². The molecule has 8 nitrogen and oxygen atoms in total. The van der Waals surface area contributed by atoms with Gasteiger partial charge < -0.3 is 9.63 Å². The summed E-state index contributed by atoms with van der Waals surface area (Å²) in [6, 6.07) is 3.47. The summed E-state index contributed by atoms with van der Waals surface area (Å²) >= 11 is 0. The van der Waals surface area contributed by atoms with Crippen LogP contribution in [0.4, 0.5) is 0 Å². The standard InChI is InChI=1S/C15H17N3O5S/c1-9-14(10(2)23-17-9)24(21,22)18-7-12(13(8-18)15(19)20)11-4-3-5-16-6-11/h3-6,12-13H,7-8H2,1-2H3,(H,19,20)/t12-,13+/m1/s1. The molecule has 0 aliphatic carbocycles. The first-order valence-corrected chi connectivity index (χ1v) is 8.82. The number of carboxylic acids is 1. The molecule has 1 aliphatic heterocycles. The van der Waals surface area contributed by atoms with E-state index in [-0.39, 0.29) is 29.4 Å². The molecule has 1 fully saturated rings. The third-order valence-corrected chi connectivity index (χ3v) is 6.36. The molecule has 0 saturated carbocycles. The molecule has 1 saturated heterocycles. The second kappa shape index (κ2) is 5.99. The highest BCUT2D eigenvalue weighted by atomic mass is 32.2. The molecule has 0 aromatic carbocycles. The fourth-order valence-corrected chi connectivity index (χ4v) is 4.90. The van der Waals surface area contributed by atoms with Crippen LogP contribution in [0.1, 0.15) is 22.9 Å². The molecule has 1 N–H and O–H groups in total. The average molecular weight is 351 g/mol. The van der Waals surface area contributed by atoms with Gasteiger partial charge in [0.2, 0.25) is 10.0 Å². The maximum atomic E-state index is 12.9. The number of hydrogen-bond donors (Lipinski definition) is 1. The minimum atomic E-state index is -3.87. The van der Waals surface area contributed by atoms with Gasteiger partial charge in [-0.25, -0.2) is 8.42 Å². The number of pyridine rings is 1. The van der Waals surface area contributed by atoms with E-state index in [9.17, 15) is 18.3 Å². The molecular weight excluding hydrogens is 334 g/mol. The second-order valence-electron chi connectivity index (χ2n) is 5.81. The van der Waals surface area contributed by atoms with Crippen LogP contribution in [0.5, 0.6) is 0 Å². The number of sulfonamides is 1. The van der Waals surface area contributed by atoms with Gasteiger partial charge in [0.05, 0.1) is 5.92 Å². The molecule has 3 heterocycles. The first-order chi connectivity index (χ1) is 11.3. The van der Waals surface area contributed by atoms with Crippen LogP contribution < -0.4 is 0 Å². The Hall–Kier alpha value is -2.26. The molecule has 2 atom stereocenters. The molecule has 0 spiro atoms. The third kappa shape index (κ3) is 2.69. The molecule has 0 radical (unpaired) electrons. The predicted molar refractivity (Wildman–Crippen MR) is 82.8 cm³/mol. The smallest absolute Gasteiger partial charge is 0.308 e. The van der Waals surface area contributed by atoms with Gasteiger partial charge in [-0.15, -0.1) is 0 Å². The van der Waals surface area contributed by atoms with E-state index >= 15 is 0 Å². The van der Waals surface area contributed by atoms with Gasteiger partial charge in [0, 0.05) is 31.4 Å². The predicted octanol–water partition coefficient (Wildman–Crippen LogP) is 1.18. The van der Waals surface area contributed by atoms with Gasteiger partial charge in [0.15, 0.2) is 5.76 Å². The van der Waals surface area contributed by atoms with E-state index in [1.165, 1.54) is 11.2 Å². The van der Waals surface area contributed by atoms with Crippen molar-refractivity contribution in [3.05, 3.63) is 41.5 Å². The molecule has 0 amide bonds. The molecule has 3 rings (SSSR count). The molecule has 24 heavy (non-hydrogen) atoms. The number of nitrogens with zero attached hydrogens (tertiary/aromatic N) is 3. The number of carbonyl (C=O) groups is 1. The Morgan fingerprint density at radius 3 is 2.67 bits per heavy atom. The maximum absolute atomic E-state index is 12.9. The van der Waals surface area contributed by atoms with Gasteiger partial charge in [-0.3, -0.25) is 9.78 Å². The van der Waals surface area contributed by atoms with Crippen molar-refractivity contribution in [1.82, 2.24) is 14.4 Å². The van der Waals surface area contributed by atoms with Crippen molar-refractivity contribution < 1.29 is 22.8 Å². The van der Waals surface area contributed by atoms with Crippen molar-refractivity contribution in [1.29, 1.82) is 0 Å². The minimum absolute atomic E-state index is 0.0125. The fraction of sp³-hybridized carbons (Fsp3) is 0.400. The maximum Gasteiger partial charge on any atom is 0.308 e. The first-order valence-electron chi connectivity index (χ1n) is 7.38. The Labute approximate surface area is 139 Å². The highest BCUT2D eigenvalue weighted by Crippen LogP contribution is 2.36. The van der Waals surface area contributed by atoms with Gasteiger partial charge >= 0.3 is 5.97 Å². The van der Waals surface area contributed by atoms with Gasteiger partial charge in [-0.1, -0.05) is 11.2 Å². The van der Waals surface area contributed by atoms with E-state index in [0.29, 0.717) is 5.56 Å². The molecular formula is C15H17N3O5S. The third-order valence-electron chi connectivity index (χ3n) is 4.28. The number of aryl methyl sites for hydroxylation is 2. The van der Waals surface area contributed by atoms with E-state index in [0.717, 1.165) is 0 Å². The van der Waals surface area contributed by atoms with Gasteiger partial charge in [0.1, 0.15) is 10.6 Å². The summed E-state index contributed by atoms with van der Waals surface area (Å²) in [7, 11) is -3.87. The highest BCUT2D eigenvalue weighted by molar-refractivity contribution is 7.89. The lowest BCUT2D eigenvalue weighted by molar-refractivity contribution is -0.141. The van der Waals surface area contributed by atoms with Crippen molar-refractivity contribution >= 4 is 16.0 Å². The van der Waals surface area contributed by atoms with Crippen LogP contribution in [0.15, 0.2) is 33.9 Å². The van der Waals surface area contributed by atoms with E-state index < -0.39 is 27.8 Å². The molecule has 9 heteroatoms. The molecule has 2 aromatic heterocycles. The largest absolute Gasteiger partial charge is 0.481 e. The Morgan fingerprint density at radius 1 is 1.38 bits per heavy atom. The summed E-state index contributed by atoms with van der Waals surface area (Å²) in [6.07, 6.45) is 3.17. The highest BCUT2D eigenvalue weighted by Gasteiger charge is 2.45. The molecule has 0 bridgehead atoms. The van der Waals surface area contributed by atoms with Crippen LogP contribution >= 0.6 is 0 Å². The second-order valence-corrected chi connectivity index (χ2v) is 7.69. The van der Waals surface area contributed by atoms with Crippen LogP contribution in [0, 0.1) is 19.8 Å². The Morgan fingerprint density at radius 2 is 2.12 bits per heavy atom. The monoisotopic (exact) mass is 351 g/mol. The number of aromatic nitrogens is 2. The quantitative estimate of drug-likeness (QED) is 0.879. The minimum Gasteiger partial charge on any atom is -0.481 e. The Kier molecular flexibility index (Phi) is 4.14. The number of aliphatic carboxylic acids is 1. The van der Waals surface area contributed by atoms with Crippen LogP contribution in [-0.2, 0) is 14.8 Å². The average Bonchev–Trinajstić information content (AvgIpc) is 3.13. The summed E-state index contributed by atoms with van der Waals surface area (Å²) in [4.78, 5) is 15.6. The zero-order valence-electron chi connectivity index (χ0n) is 13.2. The topological polar surface area (TPSA) is 114 Å². The zero-order chi connectivity index (χ0) is 17.5. The van der Waals surface area contributed by atoms with Crippen LogP contribution in [0.25, 0.3) is 0 Å². The summed E-state index contributed by atoms with van der Waals surface area (Å²) in [5, 5.41) is 13.2.